The van der Waals surface area contributed by atoms with E-state index >= 15 is 0 Å². The van der Waals surface area contributed by atoms with Gasteiger partial charge in [0.15, 0.2) is 0 Å². The van der Waals surface area contributed by atoms with E-state index in [1.165, 1.54) is 29.5 Å². The number of carbonyl (C=O) groups excluding carboxylic acids is 1. The van der Waals surface area contributed by atoms with Crippen LogP contribution in [0, 0.1) is 6.92 Å². The molecule has 0 spiro atoms. The van der Waals surface area contributed by atoms with Gasteiger partial charge in [-0.1, -0.05) is 35.3 Å². The molecular formula is C25H31Cl3N2O2. The Labute approximate surface area is 207 Å². The lowest BCUT2D eigenvalue weighted by Crippen LogP contribution is -2.48. The van der Waals surface area contributed by atoms with E-state index < -0.39 is 0 Å². The molecule has 2 aliphatic rings. The second-order valence-corrected chi connectivity index (χ2v) is 9.50. The van der Waals surface area contributed by atoms with Gasteiger partial charge in [0.05, 0.1) is 29.6 Å². The van der Waals surface area contributed by atoms with Crippen LogP contribution in [0.25, 0.3) is 0 Å². The van der Waals surface area contributed by atoms with Crippen molar-refractivity contribution in [3.63, 3.8) is 0 Å². The zero-order chi connectivity index (χ0) is 22.1. The van der Waals surface area contributed by atoms with Crippen molar-refractivity contribution in [3.8, 4) is 5.75 Å². The lowest BCUT2D eigenvalue weighted by Gasteiger charge is -2.44. The Balaban J connectivity index is 0.00000289. The SMILES string of the molecule is COc1ccc2c(c1C)CC[C@H](N1CCCC1)[C@H]2N(C)C(=O)Cc1ccc(Cl)c(Cl)c1.Cl. The Hall–Kier alpha value is -1.46. The molecule has 1 aliphatic heterocycles. The van der Waals surface area contributed by atoms with Gasteiger partial charge in [-0.2, -0.15) is 0 Å². The summed E-state index contributed by atoms with van der Waals surface area (Å²) < 4.78 is 5.57. The number of likely N-dealkylation sites (N-methyl/N-ethyl adjacent to an activating group) is 1. The van der Waals surface area contributed by atoms with Crippen LogP contribution in [-0.2, 0) is 17.6 Å². The van der Waals surface area contributed by atoms with Crippen molar-refractivity contribution in [3.05, 3.63) is 62.6 Å². The summed E-state index contributed by atoms with van der Waals surface area (Å²) in [7, 11) is 3.66. The number of fused-ring (bicyclic) bond motifs is 1. The van der Waals surface area contributed by atoms with Crippen molar-refractivity contribution in [2.75, 3.05) is 27.2 Å². The second kappa shape index (κ2) is 10.6. The Morgan fingerprint density at radius 3 is 2.53 bits per heavy atom. The minimum atomic E-state index is 0. The highest BCUT2D eigenvalue weighted by Crippen LogP contribution is 2.41. The van der Waals surface area contributed by atoms with E-state index in [0.717, 1.165) is 37.2 Å². The number of hydrogen-bond acceptors (Lipinski definition) is 3. The van der Waals surface area contributed by atoms with E-state index in [2.05, 4.69) is 17.9 Å². The average molecular weight is 498 g/mol. The molecule has 7 heteroatoms. The highest BCUT2D eigenvalue weighted by molar-refractivity contribution is 6.42. The molecule has 1 heterocycles. The molecule has 174 valence electrons. The zero-order valence-corrected chi connectivity index (χ0v) is 21.2. The van der Waals surface area contributed by atoms with Crippen molar-refractivity contribution in [1.29, 1.82) is 0 Å². The Kier molecular flexibility index (Phi) is 8.37. The fraction of sp³-hybridized carbons (Fsp3) is 0.480. The molecule has 4 rings (SSSR count). The van der Waals surface area contributed by atoms with E-state index in [4.69, 9.17) is 27.9 Å². The minimum absolute atomic E-state index is 0. The van der Waals surface area contributed by atoms with Crippen LogP contribution in [0.5, 0.6) is 5.75 Å². The van der Waals surface area contributed by atoms with Gasteiger partial charge < -0.3 is 9.64 Å². The molecule has 1 amide bonds. The predicted molar refractivity (Wildman–Crippen MR) is 134 cm³/mol. The van der Waals surface area contributed by atoms with Gasteiger partial charge in [0, 0.05) is 13.1 Å². The van der Waals surface area contributed by atoms with Crippen LogP contribution in [0.4, 0.5) is 0 Å². The molecule has 1 saturated heterocycles. The Morgan fingerprint density at radius 1 is 1.16 bits per heavy atom. The molecule has 1 fully saturated rings. The normalized spacial score (nSPS) is 20.4. The maximum Gasteiger partial charge on any atom is 0.227 e. The maximum absolute atomic E-state index is 13.4. The lowest BCUT2D eigenvalue weighted by atomic mass is 9.80. The summed E-state index contributed by atoms with van der Waals surface area (Å²) in [4.78, 5) is 17.9. The fourth-order valence-corrected chi connectivity index (χ4v) is 5.59. The molecular weight excluding hydrogens is 467 g/mol. The van der Waals surface area contributed by atoms with Crippen LogP contribution in [0.2, 0.25) is 10.0 Å². The maximum atomic E-state index is 13.4. The van der Waals surface area contributed by atoms with Gasteiger partial charge in [-0.05, 0) is 86.1 Å². The highest BCUT2D eigenvalue weighted by atomic mass is 35.5. The number of hydrogen-bond donors (Lipinski definition) is 0. The van der Waals surface area contributed by atoms with Crippen molar-refractivity contribution in [2.24, 2.45) is 0 Å². The molecule has 32 heavy (non-hydrogen) atoms. The topological polar surface area (TPSA) is 32.8 Å². The molecule has 0 radical (unpaired) electrons. The Morgan fingerprint density at radius 2 is 1.88 bits per heavy atom. The second-order valence-electron chi connectivity index (χ2n) is 8.68. The summed E-state index contributed by atoms with van der Waals surface area (Å²) >= 11 is 12.2. The molecule has 0 aromatic heterocycles. The third-order valence-corrected chi connectivity index (χ3v) is 7.68. The van der Waals surface area contributed by atoms with Gasteiger partial charge in [-0.15, -0.1) is 12.4 Å². The van der Waals surface area contributed by atoms with Crippen molar-refractivity contribution in [2.45, 2.75) is 51.1 Å². The first-order valence-electron chi connectivity index (χ1n) is 11.0. The standard InChI is InChI=1S/C25H30Cl2N2O2.ClH/c1-16-18-7-10-22(29-12-4-5-13-29)25(19(18)8-11-23(16)31-3)28(2)24(30)15-17-6-9-20(26)21(27)14-17;/h6,8-9,11,14,22,25H,4-5,7,10,12-13,15H2,1-3H3;1H/t22-,25-;/m0./s1. The summed E-state index contributed by atoms with van der Waals surface area (Å²) in [5.41, 5.74) is 4.65. The number of amides is 1. The molecule has 4 nitrogen and oxygen atoms in total. The number of likely N-dealkylation sites (tertiary alicyclic amines) is 1. The number of nitrogens with zero attached hydrogens (tertiary/aromatic N) is 2. The molecule has 2 aromatic rings. The number of halogens is 3. The molecule has 0 N–H and O–H groups in total. The lowest BCUT2D eigenvalue weighted by molar-refractivity contribution is -0.133. The van der Waals surface area contributed by atoms with Gasteiger partial charge in [0.1, 0.15) is 5.75 Å². The minimum Gasteiger partial charge on any atom is -0.496 e. The first-order chi connectivity index (χ1) is 14.9. The summed E-state index contributed by atoms with van der Waals surface area (Å²) in [6.45, 7) is 4.35. The number of rotatable bonds is 5. The van der Waals surface area contributed by atoms with Gasteiger partial charge >= 0.3 is 0 Å². The summed E-state index contributed by atoms with van der Waals surface area (Å²) in [5, 5.41) is 0.987. The molecule has 1 aliphatic carbocycles. The number of ether oxygens (including phenoxy) is 1. The van der Waals surface area contributed by atoms with E-state index in [9.17, 15) is 4.79 Å². The summed E-state index contributed by atoms with van der Waals surface area (Å²) in [6, 6.07) is 10.00. The smallest absolute Gasteiger partial charge is 0.227 e. The van der Waals surface area contributed by atoms with Gasteiger partial charge in [-0.25, -0.2) is 0 Å². The first kappa shape index (κ1) is 25.2. The van der Waals surface area contributed by atoms with Crippen LogP contribution >= 0.6 is 35.6 Å². The zero-order valence-electron chi connectivity index (χ0n) is 18.9. The van der Waals surface area contributed by atoms with E-state index in [1.54, 1.807) is 19.2 Å². The third kappa shape index (κ3) is 4.89. The third-order valence-electron chi connectivity index (χ3n) is 6.94. The van der Waals surface area contributed by atoms with Crippen molar-refractivity contribution >= 4 is 41.5 Å². The monoisotopic (exact) mass is 496 g/mol. The van der Waals surface area contributed by atoms with Gasteiger partial charge in [-0.3, -0.25) is 9.69 Å². The molecule has 0 unspecified atom stereocenters. The number of methoxy groups -OCH3 is 1. The molecule has 2 aromatic carbocycles. The highest BCUT2D eigenvalue weighted by Gasteiger charge is 2.39. The van der Waals surface area contributed by atoms with Crippen LogP contribution in [-0.4, -0.2) is 49.0 Å². The van der Waals surface area contributed by atoms with Crippen LogP contribution < -0.4 is 4.74 Å². The Bertz CT molecular complexity index is 976. The molecule has 0 saturated carbocycles. The molecule has 2 atom stereocenters. The number of carbonyl (C=O) groups is 1. The van der Waals surface area contributed by atoms with Crippen LogP contribution in [0.3, 0.4) is 0 Å². The van der Waals surface area contributed by atoms with Gasteiger partial charge in [0.2, 0.25) is 5.91 Å². The summed E-state index contributed by atoms with van der Waals surface area (Å²) in [6.07, 6.45) is 4.85. The number of benzene rings is 2. The van der Waals surface area contributed by atoms with Crippen LogP contribution in [0.1, 0.15) is 47.6 Å². The van der Waals surface area contributed by atoms with E-state index in [0.29, 0.717) is 22.5 Å². The predicted octanol–water partition coefficient (Wildman–Crippen LogP) is 5.89. The van der Waals surface area contributed by atoms with Gasteiger partial charge in [0.25, 0.3) is 0 Å². The fourth-order valence-electron chi connectivity index (χ4n) is 5.27. The van der Waals surface area contributed by atoms with E-state index in [-0.39, 0.29) is 24.4 Å². The molecule has 0 bridgehead atoms. The largest absolute Gasteiger partial charge is 0.496 e. The van der Waals surface area contributed by atoms with Crippen molar-refractivity contribution < 1.29 is 9.53 Å². The summed E-state index contributed by atoms with van der Waals surface area (Å²) in [5.74, 6) is 1.01. The van der Waals surface area contributed by atoms with Crippen molar-refractivity contribution in [1.82, 2.24) is 9.80 Å². The van der Waals surface area contributed by atoms with E-state index in [1.807, 2.05) is 24.1 Å². The quantitative estimate of drug-likeness (QED) is 0.517. The van der Waals surface area contributed by atoms with Crippen LogP contribution in [0.15, 0.2) is 30.3 Å². The average Bonchev–Trinajstić information content (AvgIpc) is 3.30. The first-order valence-corrected chi connectivity index (χ1v) is 11.8.